The number of benzene rings is 1. The molecule has 2 N–H and O–H groups in total. The molecule has 0 unspecified atom stereocenters. The fraction of sp³-hybridized carbons (Fsp3) is 0.286. The van der Waals surface area contributed by atoms with Crippen LogP contribution >= 0.6 is 0 Å². The smallest absolute Gasteiger partial charge is 0.249 e. The zero-order chi connectivity index (χ0) is 14.9. The van der Waals surface area contributed by atoms with Gasteiger partial charge in [-0.3, -0.25) is 0 Å². The maximum absolute atomic E-state index is 9.05. The fourth-order valence-electron chi connectivity index (χ4n) is 1.68. The van der Waals surface area contributed by atoms with Crippen molar-refractivity contribution in [2.75, 3.05) is 30.9 Å². The molecule has 0 bridgehead atoms. The lowest BCUT2D eigenvalue weighted by Crippen LogP contribution is -2.08. The Hall–Kier alpha value is -2.72. The zero-order valence-corrected chi connectivity index (χ0v) is 11.7. The molecule has 1 aromatic heterocycles. The molecule has 0 aliphatic heterocycles. The molecule has 0 atom stereocenters. The molecular formula is C14H16N6O. The third-order valence-corrected chi connectivity index (χ3v) is 2.68. The Morgan fingerprint density at radius 1 is 1.33 bits per heavy atom. The van der Waals surface area contributed by atoms with Gasteiger partial charge in [-0.15, -0.1) is 5.10 Å². The van der Waals surface area contributed by atoms with Gasteiger partial charge in [-0.25, -0.2) is 0 Å². The second-order valence-corrected chi connectivity index (χ2v) is 4.22. The predicted molar refractivity (Wildman–Crippen MR) is 79.2 cm³/mol. The summed E-state index contributed by atoms with van der Waals surface area (Å²) in [5.41, 5.74) is 1.18. The number of nitrogens with zero attached hydrogens (tertiary/aromatic N) is 4. The summed E-state index contributed by atoms with van der Waals surface area (Å²) in [4.78, 5) is 4.30. The van der Waals surface area contributed by atoms with Gasteiger partial charge in [0.25, 0.3) is 0 Å². The number of rotatable bonds is 7. The number of nitriles is 1. The molecule has 0 spiro atoms. The van der Waals surface area contributed by atoms with E-state index < -0.39 is 0 Å². The summed E-state index contributed by atoms with van der Waals surface area (Å²) in [6, 6.07) is 9.27. The van der Waals surface area contributed by atoms with Gasteiger partial charge in [0.15, 0.2) is 5.82 Å². The molecule has 0 aliphatic rings. The summed E-state index contributed by atoms with van der Waals surface area (Å²) in [6.45, 7) is 1.42. The number of para-hydroxylation sites is 1. The Morgan fingerprint density at radius 3 is 3.00 bits per heavy atom. The Kier molecular flexibility index (Phi) is 5.43. The lowest BCUT2D eigenvalue weighted by atomic mass is 10.2. The average molecular weight is 284 g/mol. The number of anilines is 3. The summed E-state index contributed by atoms with van der Waals surface area (Å²) in [6.07, 6.45) is 2.43. The van der Waals surface area contributed by atoms with Crippen molar-refractivity contribution < 1.29 is 4.74 Å². The van der Waals surface area contributed by atoms with Crippen LogP contribution in [0, 0.1) is 11.3 Å². The number of hydrogen-bond donors (Lipinski definition) is 2. The summed E-state index contributed by atoms with van der Waals surface area (Å²) in [7, 11) is 1.67. The van der Waals surface area contributed by atoms with Gasteiger partial charge < -0.3 is 15.4 Å². The van der Waals surface area contributed by atoms with Crippen molar-refractivity contribution in [3.8, 4) is 6.07 Å². The van der Waals surface area contributed by atoms with E-state index in [2.05, 4.69) is 31.9 Å². The topological polar surface area (TPSA) is 95.8 Å². The third-order valence-electron chi connectivity index (χ3n) is 2.68. The van der Waals surface area contributed by atoms with Crippen LogP contribution in [0.25, 0.3) is 0 Å². The molecule has 0 saturated carbocycles. The van der Waals surface area contributed by atoms with Crippen molar-refractivity contribution in [2.45, 2.75) is 6.42 Å². The molecule has 7 heteroatoms. The van der Waals surface area contributed by atoms with Gasteiger partial charge in [-0.2, -0.15) is 15.3 Å². The molecule has 2 rings (SSSR count). The van der Waals surface area contributed by atoms with Crippen molar-refractivity contribution in [2.24, 2.45) is 0 Å². The summed E-state index contributed by atoms with van der Waals surface area (Å²) >= 11 is 0. The highest BCUT2D eigenvalue weighted by molar-refractivity contribution is 5.62. The van der Waals surface area contributed by atoms with E-state index >= 15 is 0 Å². The van der Waals surface area contributed by atoms with Crippen LogP contribution in [0.1, 0.15) is 12.0 Å². The molecule has 0 radical (unpaired) electrons. The Morgan fingerprint density at radius 2 is 2.19 bits per heavy atom. The van der Waals surface area contributed by atoms with Crippen molar-refractivity contribution in [1.29, 1.82) is 5.26 Å². The fourth-order valence-corrected chi connectivity index (χ4v) is 1.68. The molecule has 0 aliphatic carbocycles. The van der Waals surface area contributed by atoms with E-state index in [-0.39, 0.29) is 0 Å². The lowest BCUT2D eigenvalue weighted by molar-refractivity contribution is 0.197. The van der Waals surface area contributed by atoms with Crippen LogP contribution in [-0.4, -0.2) is 35.4 Å². The van der Waals surface area contributed by atoms with E-state index in [0.717, 1.165) is 13.0 Å². The molecule has 0 fully saturated rings. The van der Waals surface area contributed by atoms with Crippen LogP contribution in [0.4, 0.5) is 17.5 Å². The molecule has 2 aromatic rings. The first-order chi connectivity index (χ1) is 10.3. The molecule has 108 valence electrons. The summed E-state index contributed by atoms with van der Waals surface area (Å²) in [5, 5.41) is 23.0. The van der Waals surface area contributed by atoms with E-state index in [9.17, 15) is 0 Å². The van der Waals surface area contributed by atoms with Crippen LogP contribution in [0.3, 0.4) is 0 Å². The van der Waals surface area contributed by atoms with Gasteiger partial charge in [-0.05, 0) is 18.6 Å². The molecule has 7 nitrogen and oxygen atoms in total. The number of methoxy groups -OCH3 is 1. The van der Waals surface area contributed by atoms with E-state index in [1.54, 1.807) is 31.5 Å². The summed E-state index contributed by atoms with van der Waals surface area (Å²) in [5.74, 6) is 0.965. The Bertz CT molecular complexity index is 625. The van der Waals surface area contributed by atoms with Gasteiger partial charge >= 0.3 is 0 Å². The molecule has 1 heterocycles. The van der Waals surface area contributed by atoms with E-state index in [0.29, 0.717) is 29.6 Å². The maximum Gasteiger partial charge on any atom is 0.249 e. The van der Waals surface area contributed by atoms with Crippen molar-refractivity contribution in [3.63, 3.8) is 0 Å². The van der Waals surface area contributed by atoms with Crippen molar-refractivity contribution in [3.05, 3.63) is 36.0 Å². The quantitative estimate of drug-likeness (QED) is 0.750. The average Bonchev–Trinajstić information content (AvgIpc) is 2.52. The SMILES string of the molecule is COCCCNc1cnnc(Nc2ccccc2C#N)n1. The van der Waals surface area contributed by atoms with Gasteiger partial charge in [0, 0.05) is 20.3 Å². The normalized spacial score (nSPS) is 9.90. The minimum absolute atomic E-state index is 0.342. The van der Waals surface area contributed by atoms with E-state index in [1.807, 2.05) is 6.07 Å². The second kappa shape index (κ2) is 7.77. The van der Waals surface area contributed by atoms with E-state index in [1.165, 1.54) is 0 Å². The van der Waals surface area contributed by atoms with Crippen LogP contribution in [0.15, 0.2) is 30.5 Å². The molecular weight excluding hydrogens is 268 g/mol. The maximum atomic E-state index is 9.05. The van der Waals surface area contributed by atoms with Gasteiger partial charge in [0.05, 0.1) is 17.4 Å². The number of aromatic nitrogens is 3. The van der Waals surface area contributed by atoms with Gasteiger partial charge in [0.2, 0.25) is 5.95 Å². The highest BCUT2D eigenvalue weighted by atomic mass is 16.5. The minimum Gasteiger partial charge on any atom is -0.385 e. The predicted octanol–water partition coefficient (Wildman–Crippen LogP) is 1.94. The highest BCUT2D eigenvalue weighted by Gasteiger charge is 2.04. The second-order valence-electron chi connectivity index (χ2n) is 4.22. The van der Waals surface area contributed by atoms with Crippen molar-refractivity contribution >= 4 is 17.5 Å². The first-order valence-corrected chi connectivity index (χ1v) is 6.52. The monoisotopic (exact) mass is 284 g/mol. The first-order valence-electron chi connectivity index (χ1n) is 6.52. The lowest BCUT2D eigenvalue weighted by Gasteiger charge is -2.08. The van der Waals surface area contributed by atoms with Gasteiger partial charge in [-0.1, -0.05) is 12.1 Å². The van der Waals surface area contributed by atoms with Crippen LogP contribution in [0.5, 0.6) is 0 Å². The zero-order valence-electron chi connectivity index (χ0n) is 11.7. The molecule has 21 heavy (non-hydrogen) atoms. The molecule has 0 amide bonds. The Labute approximate surface area is 123 Å². The number of hydrogen-bond acceptors (Lipinski definition) is 7. The minimum atomic E-state index is 0.342. The molecule has 0 saturated heterocycles. The van der Waals surface area contributed by atoms with E-state index in [4.69, 9.17) is 10.00 Å². The molecule has 1 aromatic carbocycles. The first kappa shape index (κ1) is 14.7. The van der Waals surface area contributed by atoms with Crippen molar-refractivity contribution in [1.82, 2.24) is 15.2 Å². The van der Waals surface area contributed by atoms with Crippen LogP contribution < -0.4 is 10.6 Å². The summed E-state index contributed by atoms with van der Waals surface area (Å²) < 4.78 is 4.98. The van der Waals surface area contributed by atoms with Crippen LogP contribution in [0.2, 0.25) is 0 Å². The Balaban J connectivity index is 2.02. The largest absolute Gasteiger partial charge is 0.385 e. The number of ether oxygens (including phenoxy) is 1. The highest BCUT2D eigenvalue weighted by Crippen LogP contribution is 2.17. The number of nitrogens with one attached hydrogen (secondary N) is 2. The van der Waals surface area contributed by atoms with Crippen LogP contribution in [-0.2, 0) is 4.74 Å². The van der Waals surface area contributed by atoms with Gasteiger partial charge in [0.1, 0.15) is 6.07 Å². The third kappa shape index (κ3) is 4.40. The standard InChI is InChI=1S/C14H16N6O/c1-21-8-4-7-16-13-10-17-20-14(19-13)18-12-6-3-2-5-11(12)9-15/h2-3,5-6,10H,4,7-8H2,1H3,(H2,16,18,19,20).